The van der Waals surface area contributed by atoms with Gasteiger partial charge in [0, 0.05) is 32.4 Å². The third-order valence-corrected chi connectivity index (χ3v) is 7.19. The zero-order valence-electron chi connectivity index (χ0n) is 20.6. The van der Waals surface area contributed by atoms with E-state index in [4.69, 9.17) is 16.3 Å². The summed E-state index contributed by atoms with van der Waals surface area (Å²) >= 11 is 6.02. The van der Waals surface area contributed by atoms with Gasteiger partial charge in [0.25, 0.3) is 10.0 Å². The summed E-state index contributed by atoms with van der Waals surface area (Å²) in [7, 11) is -2.54. The molecule has 2 N–H and O–H groups in total. The fraction of sp³-hybridized carbons (Fsp3) is 0.476. The highest BCUT2D eigenvalue weighted by Gasteiger charge is 2.51. The SMILES string of the molecule is CCn1cc(S(=O)(=O)N2CCOc3ccc(NC(=O)OC(C)(C)C(F)(F)F)cc32)c(Cl)n1.CNC(C)=O. The van der Waals surface area contributed by atoms with E-state index in [0.29, 0.717) is 20.4 Å². The van der Waals surface area contributed by atoms with Crippen LogP contribution in [0.2, 0.25) is 5.15 Å². The largest absolute Gasteiger partial charge is 0.489 e. The molecule has 206 valence electrons. The molecule has 1 aliphatic rings. The third kappa shape index (κ3) is 7.19. The molecule has 0 unspecified atom stereocenters. The van der Waals surface area contributed by atoms with Gasteiger partial charge in [0.15, 0.2) is 5.15 Å². The summed E-state index contributed by atoms with van der Waals surface area (Å²) in [6.07, 6.45) is -4.84. The van der Waals surface area contributed by atoms with E-state index in [9.17, 15) is 31.2 Å². The predicted molar refractivity (Wildman–Crippen MR) is 129 cm³/mol. The van der Waals surface area contributed by atoms with Gasteiger partial charge in [-0.2, -0.15) is 18.3 Å². The summed E-state index contributed by atoms with van der Waals surface area (Å²) in [6.45, 7) is 5.06. The lowest BCUT2D eigenvalue weighted by Crippen LogP contribution is -2.44. The van der Waals surface area contributed by atoms with E-state index in [1.54, 1.807) is 14.0 Å². The molecule has 0 saturated heterocycles. The number of hydrogen-bond donors (Lipinski definition) is 2. The first-order chi connectivity index (χ1) is 17.0. The predicted octanol–water partition coefficient (Wildman–Crippen LogP) is 3.79. The number of aromatic nitrogens is 2. The van der Waals surface area contributed by atoms with Crippen LogP contribution in [0.5, 0.6) is 5.75 Å². The molecule has 1 aliphatic heterocycles. The molecule has 2 amide bonds. The van der Waals surface area contributed by atoms with Crippen molar-refractivity contribution in [1.29, 1.82) is 0 Å². The number of fused-ring (bicyclic) bond motifs is 1. The van der Waals surface area contributed by atoms with Crippen LogP contribution in [0.3, 0.4) is 0 Å². The maximum atomic E-state index is 13.2. The number of aryl methyl sites for hydroxylation is 1. The molecule has 0 aliphatic carbocycles. The van der Waals surface area contributed by atoms with E-state index in [2.05, 4.69) is 20.5 Å². The Morgan fingerprint density at radius 3 is 2.41 bits per heavy atom. The summed E-state index contributed by atoms with van der Waals surface area (Å²) in [6, 6.07) is 3.99. The number of sulfonamides is 1. The lowest BCUT2D eigenvalue weighted by molar-refractivity contribution is -0.242. The molecule has 16 heteroatoms. The van der Waals surface area contributed by atoms with E-state index >= 15 is 0 Å². The monoisotopic (exact) mass is 569 g/mol. The van der Waals surface area contributed by atoms with Crippen molar-refractivity contribution >= 4 is 45.0 Å². The van der Waals surface area contributed by atoms with Crippen molar-refractivity contribution < 1.29 is 40.7 Å². The standard InChI is InChI=1S/C18H20ClF3N4O5S.C3H7NO/c1-4-25-10-14(15(19)24-25)32(28,29)26-7-8-30-13-6-5-11(9-12(13)26)23-16(27)31-17(2,3)18(20,21)22;1-3(5)4-2/h5-6,9-10H,4,7-8H2,1-3H3,(H,23,27);1-2H3,(H,4,5). The number of ether oxygens (including phenoxy) is 2. The number of carbonyl (C=O) groups excluding carboxylic acids is 2. The highest BCUT2D eigenvalue weighted by atomic mass is 35.5. The van der Waals surface area contributed by atoms with E-state index in [1.165, 1.54) is 36.0 Å². The zero-order chi connectivity index (χ0) is 28.2. The zero-order valence-corrected chi connectivity index (χ0v) is 22.2. The van der Waals surface area contributed by atoms with E-state index < -0.39 is 27.9 Å². The van der Waals surface area contributed by atoms with Crippen LogP contribution in [0.15, 0.2) is 29.3 Å². The fourth-order valence-corrected chi connectivity index (χ4v) is 4.69. The maximum Gasteiger partial charge on any atom is 0.427 e. The Bertz CT molecular complexity index is 1250. The Hall–Kier alpha value is -3.20. The van der Waals surface area contributed by atoms with Crippen LogP contribution in [-0.4, -0.2) is 62.2 Å². The second-order valence-electron chi connectivity index (χ2n) is 8.08. The molecule has 2 aromatic rings. The van der Waals surface area contributed by atoms with Crippen molar-refractivity contribution in [1.82, 2.24) is 15.1 Å². The van der Waals surface area contributed by atoms with Gasteiger partial charge in [-0.1, -0.05) is 11.6 Å². The van der Waals surface area contributed by atoms with E-state index in [1.807, 2.05) is 0 Å². The Morgan fingerprint density at radius 1 is 1.27 bits per heavy atom. The van der Waals surface area contributed by atoms with Crippen LogP contribution in [0.1, 0.15) is 27.7 Å². The third-order valence-electron chi connectivity index (χ3n) is 4.99. The molecule has 0 radical (unpaired) electrons. The number of carbonyl (C=O) groups is 2. The first kappa shape index (κ1) is 30.0. The molecular formula is C21H27ClF3N5O6S. The molecular weight excluding hydrogens is 543 g/mol. The van der Waals surface area contributed by atoms with Crippen LogP contribution in [0, 0.1) is 0 Å². The van der Waals surface area contributed by atoms with Gasteiger partial charge in [-0.25, -0.2) is 13.2 Å². The Labute approximate surface area is 216 Å². The lowest BCUT2D eigenvalue weighted by Gasteiger charge is -2.31. The average Bonchev–Trinajstić information content (AvgIpc) is 3.19. The summed E-state index contributed by atoms with van der Waals surface area (Å²) in [5, 5.41) is 8.30. The lowest BCUT2D eigenvalue weighted by atomic mass is 10.1. The average molecular weight is 570 g/mol. The highest BCUT2D eigenvalue weighted by Crippen LogP contribution is 2.39. The first-order valence-corrected chi connectivity index (χ1v) is 12.6. The van der Waals surface area contributed by atoms with Crippen molar-refractivity contribution in [2.45, 2.75) is 50.9 Å². The van der Waals surface area contributed by atoms with Gasteiger partial charge in [0.2, 0.25) is 11.5 Å². The van der Waals surface area contributed by atoms with Crippen molar-refractivity contribution in [3.8, 4) is 5.75 Å². The Morgan fingerprint density at radius 2 is 1.89 bits per heavy atom. The number of amides is 2. The number of anilines is 2. The van der Waals surface area contributed by atoms with Gasteiger partial charge < -0.3 is 14.8 Å². The minimum absolute atomic E-state index is 0.00463. The summed E-state index contributed by atoms with van der Waals surface area (Å²) in [4.78, 5) is 21.5. The second-order valence-corrected chi connectivity index (χ2v) is 10.3. The number of alkyl halides is 3. The minimum Gasteiger partial charge on any atom is -0.489 e. The van der Waals surface area contributed by atoms with Crippen molar-refractivity contribution in [3.05, 3.63) is 29.5 Å². The molecule has 37 heavy (non-hydrogen) atoms. The number of rotatable bonds is 5. The molecule has 2 heterocycles. The van der Waals surface area contributed by atoms with Crippen molar-refractivity contribution in [3.63, 3.8) is 0 Å². The summed E-state index contributed by atoms with van der Waals surface area (Å²) in [5.41, 5.74) is -2.64. The molecule has 1 aromatic heterocycles. The van der Waals surface area contributed by atoms with Gasteiger partial charge in [-0.3, -0.25) is 19.1 Å². The van der Waals surface area contributed by atoms with Crippen LogP contribution in [0.25, 0.3) is 0 Å². The van der Waals surface area contributed by atoms with E-state index in [0.717, 1.165) is 4.31 Å². The number of nitrogens with zero attached hydrogens (tertiary/aromatic N) is 3. The summed E-state index contributed by atoms with van der Waals surface area (Å²) in [5.74, 6) is 0.207. The Balaban J connectivity index is 0.000000877. The van der Waals surface area contributed by atoms with Crippen LogP contribution in [0.4, 0.5) is 29.3 Å². The van der Waals surface area contributed by atoms with Gasteiger partial charge in [-0.05, 0) is 39.0 Å². The minimum atomic E-state index is -4.78. The Kier molecular flexibility index (Phi) is 9.30. The number of benzene rings is 1. The van der Waals surface area contributed by atoms with Gasteiger partial charge in [-0.15, -0.1) is 0 Å². The van der Waals surface area contributed by atoms with Crippen LogP contribution in [-0.2, 0) is 26.1 Å². The van der Waals surface area contributed by atoms with Crippen LogP contribution >= 0.6 is 11.6 Å². The summed E-state index contributed by atoms with van der Waals surface area (Å²) < 4.78 is 77.7. The molecule has 0 spiro atoms. The molecule has 1 aromatic carbocycles. The van der Waals surface area contributed by atoms with E-state index in [-0.39, 0.29) is 46.2 Å². The molecule has 0 atom stereocenters. The fourth-order valence-electron chi connectivity index (χ4n) is 2.79. The normalized spacial score (nSPS) is 13.5. The van der Waals surface area contributed by atoms with Gasteiger partial charge >= 0.3 is 12.3 Å². The molecule has 0 fully saturated rings. The molecule has 0 bridgehead atoms. The van der Waals surface area contributed by atoms with Gasteiger partial charge in [0.05, 0.1) is 12.2 Å². The number of hydrogen-bond acceptors (Lipinski definition) is 7. The molecule has 3 rings (SSSR count). The van der Waals surface area contributed by atoms with Gasteiger partial charge in [0.1, 0.15) is 17.3 Å². The number of nitrogens with one attached hydrogen (secondary N) is 2. The van der Waals surface area contributed by atoms with Crippen LogP contribution < -0.4 is 19.7 Å². The van der Waals surface area contributed by atoms with Crippen molar-refractivity contribution in [2.75, 3.05) is 29.8 Å². The number of halogens is 4. The smallest absolute Gasteiger partial charge is 0.427 e. The molecule has 0 saturated carbocycles. The maximum absolute atomic E-state index is 13.2. The highest BCUT2D eigenvalue weighted by molar-refractivity contribution is 7.93. The topological polar surface area (TPSA) is 132 Å². The van der Waals surface area contributed by atoms with Crippen molar-refractivity contribution in [2.24, 2.45) is 0 Å². The molecule has 11 nitrogen and oxygen atoms in total. The second kappa shape index (κ2) is 11.5. The first-order valence-electron chi connectivity index (χ1n) is 10.8. The quantitative estimate of drug-likeness (QED) is 0.560.